The Morgan fingerprint density at radius 2 is 1.71 bits per heavy atom. The molecule has 6 heteroatoms. The van der Waals surface area contributed by atoms with Crippen LogP contribution in [0.4, 0.5) is 0 Å². The van der Waals surface area contributed by atoms with Crippen LogP contribution in [0.1, 0.15) is 55.5 Å². The van der Waals surface area contributed by atoms with Crippen LogP contribution in [0.15, 0.2) is 48.0 Å². The average molecular weight is 465 g/mol. The first kappa shape index (κ1) is 25.5. The lowest BCUT2D eigenvalue weighted by Gasteiger charge is -2.27. The van der Waals surface area contributed by atoms with Crippen LogP contribution in [0.2, 0.25) is 0 Å². The molecular formula is C28H36N2O4. The fourth-order valence-electron chi connectivity index (χ4n) is 4.51. The summed E-state index contributed by atoms with van der Waals surface area (Å²) in [4.78, 5) is 30.3. The normalized spacial score (nSPS) is 17.6. The van der Waals surface area contributed by atoms with Gasteiger partial charge in [-0.25, -0.2) is 0 Å². The van der Waals surface area contributed by atoms with Crippen molar-refractivity contribution in [2.45, 2.75) is 47.1 Å². The molecular weight excluding hydrogens is 428 g/mol. The number of nitrogens with zero attached hydrogens (tertiary/aromatic N) is 2. The Hall–Kier alpha value is -3.12. The Morgan fingerprint density at radius 1 is 1.03 bits per heavy atom. The second-order valence-corrected chi connectivity index (χ2v) is 8.69. The molecule has 3 rings (SSSR count). The molecule has 1 saturated heterocycles. The van der Waals surface area contributed by atoms with Gasteiger partial charge in [0.2, 0.25) is 0 Å². The number of likely N-dealkylation sites (tertiary alicyclic amines) is 1. The predicted molar refractivity (Wildman–Crippen MR) is 135 cm³/mol. The first-order valence-electron chi connectivity index (χ1n) is 12.1. The SMILES string of the molecule is CCOc1ccc(C2C(=C(O)c3cc(C)ccc3C)C(=O)C(=O)N2CCCN(CC)CC)cc1. The van der Waals surface area contributed by atoms with Crippen molar-refractivity contribution in [2.24, 2.45) is 0 Å². The van der Waals surface area contributed by atoms with Crippen LogP contribution in [-0.2, 0) is 9.59 Å². The molecule has 6 nitrogen and oxygen atoms in total. The lowest BCUT2D eigenvalue weighted by atomic mass is 9.93. The molecule has 1 unspecified atom stereocenters. The predicted octanol–water partition coefficient (Wildman–Crippen LogP) is 4.86. The maximum absolute atomic E-state index is 13.2. The third-order valence-electron chi connectivity index (χ3n) is 6.46. The summed E-state index contributed by atoms with van der Waals surface area (Å²) in [5.74, 6) is -0.602. The summed E-state index contributed by atoms with van der Waals surface area (Å²) in [6, 6.07) is 12.5. The van der Waals surface area contributed by atoms with E-state index in [2.05, 4.69) is 18.7 Å². The highest BCUT2D eigenvalue weighted by atomic mass is 16.5. The molecule has 0 spiro atoms. The molecule has 34 heavy (non-hydrogen) atoms. The van der Waals surface area contributed by atoms with E-state index >= 15 is 0 Å². The van der Waals surface area contributed by atoms with Gasteiger partial charge in [-0.3, -0.25) is 9.59 Å². The van der Waals surface area contributed by atoms with Gasteiger partial charge in [0, 0.05) is 12.1 Å². The summed E-state index contributed by atoms with van der Waals surface area (Å²) in [6.45, 7) is 13.7. The minimum absolute atomic E-state index is 0.121. The van der Waals surface area contributed by atoms with Gasteiger partial charge in [0.1, 0.15) is 11.5 Å². The van der Waals surface area contributed by atoms with Gasteiger partial charge >= 0.3 is 0 Å². The molecule has 1 amide bonds. The largest absolute Gasteiger partial charge is 0.507 e. The Kier molecular flexibility index (Phi) is 8.51. The number of aliphatic hydroxyl groups excluding tert-OH is 1. The smallest absolute Gasteiger partial charge is 0.295 e. The van der Waals surface area contributed by atoms with Crippen LogP contribution >= 0.6 is 0 Å². The van der Waals surface area contributed by atoms with Crippen molar-refractivity contribution in [1.82, 2.24) is 9.80 Å². The zero-order valence-corrected chi connectivity index (χ0v) is 20.9. The number of amides is 1. The molecule has 0 bridgehead atoms. The summed E-state index contributed by atoms with van der Waals surface area (Å²) in [5, 5.41) is 11.3. The number of ketones is 1. The quantitative estimate of drug-likeness (QED) is 0.309. The van der Waals surface area contributed by atoms with Gasteiger partial charge in [0.05, 0.1) is 18.2 Å². The van der Waals surface area contributed by atoms with Crippen LogP contribution in [0, 0.1) is 13.8 Å². The van der Waals surface area contributed by atoms with Crippen molar-refractivity contribution < 1.29 is 19.4 Å². The lowest BCUT2D eigenvalue weighted by Crippen LogP contribution is -2.33. The van der Waals surface area contributed by atoms with E-state index in [9.17, 15) is 14.7 Å². The van der Waals surface area contributed by atoms with Gasteiger partial charge in [-0.05, 0) is 76.2 Å². The zero-order chi connectivity index (χ0) is 24.8. The average Bonchev–Trinajstić information content (AvgIpc) is 3.08. The van der Waals surface area contributed by atoms with Crippen molar-refractivity contribution in [3.8, 4) is 5.75 Å². The van der Waals surface area contributed by atoms with Crippen molar-refractivity contribution in [1.29, 1.82) is 0 Å². The number of ether oxygens (including phenoxy) is 1. The van der Waals surface area contributed by atoms with Gasteiger partial charge in [0.15, 0.2) is 0 Å². The molecule has 2 aromatic rings. The highest BCUT2D eigenvalue weighted by Crippen LogP contribution is 2.40. The van der Waals surface area contributed by atoms with Crippen molar-refractivity contribution in [3.05, 3.63) is 70.3 Å². The number of carbonyl (C=O) groups excluding carboxylic acids is 2. The molecule has 182 valence electrons. The summed E-state index contributed by atoms with van der Waals surface area (Å²) in [6.07, 6.45) is 0.742. The van der Waals surface area contributed by atoms with Crippen molar-refractivity contribution in [3.63, 3.8) is 0 Å². The first-order valence-corrected chi connectivity index (χ1v) is 12.1. The first-order chi connectivity index (χ1) is 16.3. The van der Waals surface area contributed by atoms with Crippen LogP contribution in [0.3, 0.4) is 0 Å². The van der Waals surface area contributed by atoms with Crippen molar-refractivity contribution >= 4 is 17.4 Å². The van der Waals surface area contributed by atoms with Crippen LogP contribution in [0.25, 0.3) is 5.76 Å². The molecule has 1 atom stereocenters. The van der Waals surface area contributed by atoms with Gasteiger partial charge in [-0.15, -0.1) is 0 Å². The maximum Gasteiger partial charge on any atom is 0.295 e. The van der Waals surface area contributed by atoms with Gasteiger partial charge in [-0.2, -0.15) is 0 Å². The van der Waals surface area contributed by atoms with Crippen LogP contribution in [-0.4, -0.2) is 59.4 Å². The molecule has 0 radical (unpaired) electrons. The summed E-state index contributed by atoms with van der Waals surface area (Å²) >= 11 is 0. The molecule has 0 aliphatic carbocycles. The molecule has 1 aliphatic rings. The Morgan fingerprint density at radius 3 is 2.32 bits per heavy atom. The zero-order valence-electron chi connectivity index (χ0n) is 20.9. The number of benzene rings is 2. The lowest BCUT2D eigenvalue weighted by molar-refractivity contribution is -0.140. The number of rotatable bonds is 10. The van der Waals surface area contributed by atoms with Gasteiger partial charge < -0.3 is 19.6 Å². The molecule has 0 aromatic heterocycles. The number of hydrogen-bond donors (Lipinski definition) is 1. The number of Topliss-reactive ketones (excluding diaryl/α,β-unsaturated/α-hetero) is 1. The molecule has 2 aromatic carbocycles. The Balaban J connectivity index is 2.06. The molecule has 0 saturated carbocycles. The van der Waals surface area contributed by atoms with E-state index in [1.165, 1.54) is 0 Å². The van der Waals surface area contributed by atoms with Crippen molar-refractivity contribution in [2.75, 3.05) is 32.8 Å². The summed E-state index contributed by atoms with van der Waals surface area (Å²) < 4.78 is 5.57. The number of aliphatic hydroxyl groups is 1. The maximum atomic E-state index is 13.2. The fraction of sp³-hybridized carbons (Fsp3) is 0.429. The number of aryl methyl sites for hydroxylation is 2. The van der Waals surface area contributed by atoms with E-state index in [1.807, 2.05) is 63.2 Å². The van der Waals surface area contributed by atoms with Crippen LogP contribution in [0.5, 0.6) is 5.75 Å². The van der Waals surface area contributed by atoms with E-state index in [0.29, 0.717) is 18.7 Å². The summed E-state index contributed by atoms with van der Waals surface area (Å²) in [5.41, 5.74) is 3.32. The number of hydrogen-bond acceptors (Lipinski definition) is 5. The van der Waals surface area contributed by atoms with E-state index in [4.69, 9.17) is 4.74 Å². The monoisotopic (exact) mass is 464 g/mol. The highest BCUT2D eigenvalue weighted by Gasteiger charge is 2.45. The summed E-state index contributed by atoms with van der Waals surface area (Å²) in [7, 11) is 0. The fourth-order valence-corrected chi connectivity index (χ4v) is 4.51. The Labute approximate surface area is 202 Å². The van der Waals surface area contributed by atoms with Crippen LogP contribution < -0.4 is 4.74 Å². The highest BCUT2D eigenvalue weighted by molar-refractivity contribution is 6.46. The van der Waals surface area contributed by atoms with Gasteiger partial charge in [-0.1, -0.05) is 43.7 Å². The third kappa shape index (κ3) is 5.33. The van der Waals surface area contributed by atoms with E-state index in [-0.39, 0.29) is 11.3 Å². The minimum Gasteiger partial charge on any atom is -0.507 e. The standard InChI is InChI=1S/C28H36N2O4/c1-6-29(7-2)16-9-17-30-25(21-12-14-22(15-13-21)34-8-3)24(27(32)28(30)33)26(31)23-18-19(4)10-11-20(23)5/h10-15,18,25,31H,6-9,16-17H2,1-5H3. The van der Waals surface area contributed by atoms with E-state index < -0.39 is 17.7 Å². The molecule has 1 fully saturated rings. The topological polar surface area (TPSA) is 70.1 Å². The minimum atomic E-state index is -0.646. The van der Waals surface area contributed by atoms with E-state index in [1.54, 1.807) is 4.90 Å². The molecule has 1 aliphatic heterocycles. The number of carbonyl (C=O) groups is 2. The molecule has 1 N–H and O–H groups in total. The second-order valence-electron chi connectivity index (χ2n) is 8.69. The Bertz CT molecular complexity index is 1050. The van der Waals surface area contributed by atoms with E-state index in [0.717, 1.165) is 48.5 Å². The molecule has 1 heterocycles. The van der Waals surface area contributed by atoms with Gasteiger partial charge in [0.25, 0.3) is 11.7 Å². The second kappa shape index (κ2) is 11.3. The third-order valence-corrected chi connectivity index (χ3v) is 6.46.